The molecule has 44 heavy (non-hydrogen) atoms. The summed E-state index contributed by atoms with van der Waals surface area (Å²) in [5.74, 6) is -5.92. The molecular weight excluding hydrogens is 582 g/mol. The van der Waals surface area contributed by atoms with E-state index >= 15 is 0 Å². The van der Waals surface area contributed by atoms with Crippen LogP contribution in [0.2, 0.25) is 0 Å². The highest BCUT2D eigenvalue weighted by atomic mass is 19.2. The quantitative estimate of drug-likeness (QED) is 0.242. The predicted molar refractivity (Wildman–Crippen MR) is 155 cm³/mol. The van der Waals surface area contributed by atoms with E-state index in [-0.39, 0.29) is 42.1 Å². The first-order valence-corrected chi connectivity index (χ1v) is 15.5. The van der Waals surface area contributed by atoms with Crippen LogP contribution in [-0.4, -0.2) is 17.8 Å². The molecule has 3 nitrogen and oxygen atoms in total. The number of ether oxygens (including phenoxy) is 2. The van der Waals surface area contributed by atoms with Gasteiger partial charge < -0.3 is 14.6 Å². The van der Waals surface area contributed by atoms with Gasteiger partial charge in [0.15, 0.2) is 34.8 Å². The molecule has 3 aromatic carbocycles. The lowest BCUT2D eigenvalue weighted by atomic mass is 9.69. The van der Waals surface area contributed by atoms with Crippen molar-refractivity contribution in [3.63, 3.8) is 0 Å². The van der Waals surface area contributed by atoms with E-state index in [1.807, 2.05) is 0 Å². The highest BCUT2D eigenvalue weighted by Crippen LogP contribution is 2.44. The predicted octanol–water partition coefficient (Wildman–Crippen LogP) is 9.69. The molecule has 5 rings (SSSR count). The molecule has 238 valence electrons. The van der Waals surface area contributed by atoms with Crippen molar-refractivity contribution >= 4 is 0 Å². The summed E-state index contributed by atoms with van der Waals surface area (Å²) < 4.78 is 99.1. The van der Waals surface area contributed by atoms with Crippen molar-refractivity contribution in [2.45, 2.75) is 89.9 Å². The van der Waals surface area contributed by atoms with Gasteiger partial charge in [0.05, 0.1) is 25.4 Å². The van der Waals surface area contributed by atoms with Crippen LogP contribution >= 0.6 is 0 Å². The Bertz CT molecular complexity index is 1460. The second-order valence-corrected chi connectivity index (χ2v) is 12.1. The summed E-state index contributed by atoms with van der Waals surface area (Å²) in [5.41, 5.74) is -0.697. The molecule has 2 aliphatic carbocycles. The van der Waals surface area contributed by atoms with Crippen LogP contribution < -0.4 is 4.74 Å². The minimum atomic E-state index is -1.35. The molecule has 0 radical (unpaired) electrons. The van der Waals surface area contributed by atoms with E-state index in [1.165, 1.54) is 25.1 Å². The zero-order valence-electron chi connectivity index (χ0n) is 25.0. The largest absolute Gasteiger partial charge is 0.491 e. The first-order chi connectivity index (χ1) is 21.1. The van der Waals surface area contributed by atoms with Gasteiger partial charge in [-0.15, -0.1) is 0 Å². The molecule has 0 aromatic heterocycles. The number of aliphatic hydroxyl groups excluding tert-OH is 1. The fourth-order valence-corrected chi connectivity index (χ4v) is 6.97. The van der Waals surface area contributed by atoms with Crippen molar-refractivity contribution in [1.29, 1.82) is 0 Å². The summed E-state index contributed by atoms with van der Waals surface area (Å²) in [6.45, 7) is 3.13. The van der Waals surface area contributed by atoms with Gasteiger partial charge in [-0.05, 0) is 94.6 Å². The lowest BCUT2D eigenvalue weighted by Crippen LogP contribution is -2.28. The van der Waals surface area contributed by atoms with Gasteiger partial charge in [0.1, 0.15) is 0 Å². The van der Waals surface area contributed by atoms with E-state index in [0.717, 1.165) is 63.5 Å². The number of rotatable bonds is 9. The molecular formula is C35H38F6O3. The van der Waals surface area contributed by atoms with Crippen molar-refractivity contribution < 1.29 is 40.9 Å². The first-order valence-electron chi connectivity index (χ1n) is 15.5. The summed E-state index contributed by atoms with van der Waals surface area (Å²) in [6.07, 6.45) is 5.57. The van der Waals surface area contributed by atoms with E-state index in [0.29, 0.717) is 17.4 Å². The van der Waals surface area contributed by atoms with Crippen LogP contribution in [0.15, 0.2) is 36.4 Å². The van der Waals surface area contributed by atoms with E-state index in [1.54, 1.807) is 13.0 Å². The van der Waals surface area contributed by atoms with Crippen LogP contribution in [0, 0.1) is 46.7 Å². The fourth-order valence-electron chi connectivity index (χ4n) is 6.97. The Balaban J connectivity index is 1.12. The monoisotopic (exact) mass is 620 g/mol. The van der Waals surface area contributed by atoms with Gasteiger partial charge in [0.2, 0.25) is 5.82 Å². The molecule has 0 heterocycles. The topological polar surface area (TPSA) is 38.7 Å². The molecule has 9 heteroatoms. The summed E-state index contributed by atoms with van der Waals surface area (Å²) in [7, 11) is 0. The molecule has 0 bridgehead atoms. The Kier molecular flexibility index (Phi) is 10.3. The standard InChI is InChI=1S/C35H38F6O3/c1-3-43-29-17-16-26(32(38)35(29)41)22-6-4-20(5-7-22)21-8-11-24(12-9-21)44-18-23-10-13-27(33(39)30(23)36)28-15-14-25(19(2)42)31(37)34(28)40/h10,13-17,19-22,24,42H,3-9,11-12,18H2,1-2H3. The second-order valence-electron chi connectivity index (χ2n) is 12.1. The van der Waals surface area contributed by atoms with Crippen molar-refractivity contribution in [3.8, 4) is 16.9 Å². The smallest absolute Gasteiger partial charge is 0.200 e. The average molecular weight is 621 g/mol. The van der Waals surface area contributed by atoms with Gasteiger partial charge >= 0.3 is 0 Å². The summed E-state index contributed by atoms with van der Waals surface area (Å²) in [6, 6.07) is 7.95. The molecule has 0 amide bonds. The SMILES string of the molecule is CCOc1ccc(C2CCC(C3CCC(OCc4ccc(-c5ccc(C(C)O)c(F)c5F)c(F)c4F)CC3)CC2)c(F)c1F. The summed E-state index contributed by atoms with van der Waals surface area (Å²) >= 11 is 0. The number of aliphatic hydroxyl groups is 1. The highest BCUT2D eigenvalue weighted by Gasteiger charge is 2.33. The molecule has 0 aliphatic heterocycles. The Morgan fingerprint density at radius 1 is 0.682 bits per heavy atom. The molecule has 3 aromatic rings. The minimum Gasteiger partial charge on any atom is -0.491 e. The third kappa shape index (κ3) is 6.64. The van der Waals surface area contributed by atoms with Crippen molar-refractivity contribution in [2.24, 2.45) is 11.8 Å². The minimum absolute atomic E-state index is 0.00821. The Labute approximate surface area is 254 Å². The maximum Gasteiger partial charge on any atom is 0.200 e. The first kappa shape index (κ1) is 32.4. The van der Waals surface area contributed by atoms with Crippen LogP contribution in [0.4, 0.5) is 26.3 Å². The van der Waals surface area contributed by atoms with Crippen LogP contribution in [0.1, 0.15) is 93.9 Å². The third-order valence-corrected chi connectivity index (χ3v) is 9.46. The zero-order valence-corrected chi connectivity index (χ0v) is 25.0. The molecule has 2 fully saturated rings. The van der Waals surface area contributed by atoms with Gasteiger partial charge in [0, 0.05) is 22.3 Å². The van der Waals surface area contributed by atoms with Crippen molar-refractivity contribution in [1.82, 2.24) is 0 Å². The second kappa shape index (κ2) is 13.9. The van der Waals surface area contributed by atoms with Crippen molar-refractivity contribution in [2.75, 3.05) is 6.61 Å². The fraction of sp³-hybridized carbons (Fsp3) is 0.486. The summed E-state index contributed by atoms with van der Waals surface area (Å²) in [5, 5.41) is 9.58. The molecule has 2 saturated carbocycles. The summed E-state index contributed by atoms with van der Waals surface area (Å²) in [4.78, 5) is 0. The van der Waals surface area contributed by atoms with Gasteiger partial charge in [-0.2, -0.15) is 4.39 Å². The number of hydrogen-bond donors (Lipinski definition) is 1. The Morgan fingerprint density at radius 2 is 1.27 bits per heavy atom. The molecule has 2 aliphatic rings. The normalized spacial score (nSPS) is 23.0. The molecule has 1 unspecified atom stereocenters. The molecule has 0 spiro atoms. The highest BCUT2D eigenvalue weighted by molar-refractivity contribution is 5.66. The molecule has 0 saturated heterocycles. The Morgan fingerprint density at radius 3 is 1.89 bits per heavy atom. The average Bonchev–Trinajstić information content (AvgIpc) is 3.02. The molecule has 1 atom stereocenters. The van der Waals surface area contributed by atoms with Gasteiger partial charge in [-0.1, -0.05) is 30.3 Å². The van der Waals surface area contributed by atoms with Crippen molar-refractivity contribution in [3.05, 3.63) is 88.0 Å². The van der Waals surface area contributed by atoms with Crippen LogP contribution in [0.5, 0.6) is 5.75 Å². The third-order valence-electron chi connectivity index (χ3n) is 9.46. The van der Waals surface area contributed by atoms with Crippen LogP contribution in [0.25, 0.3) is 11.1 Å². The van der Waals surface area contributed by atoms with Crippen LogP contribution in [-0.2, 0) is 11.3 Å². The van der Waals surface area contributed by atoms with E-state index in [2.05, 4.69) is 0 Å². The Hall–Kier alpha value is -3.04. The number of halogens is 6. The van der Waals surface area contributed by atoms with Gasteiger partial charge in [-0.3, -0.25) is 0 Å². The molecule has 1 N–H and O–H groups in total. The lowest BCUT2D eigenvalue weighted by Gasteiger charge is -2.38. The van der Waals surface area contributed by atoms with E-state index in [9.17, 15) is 31.4 Å². The zero-order chi connectivity index (χ0) is 31.5. The number of hydrogen-bond acceptors (Lipinski definition) is 3. The lowest BCUT2D eigenvalue weighted by molar-refractivity contribution is -0.00322. The van der Waals surface area contributed by atoms with Crippen LogP contribution in [0.3, 0.4) is 0 Å². The number of benzene rings is 3. The van der Waals surface area contributed by atoms with E-state index < -0.39 is 52.1 Å². The maximum absolute atomic E-state index is 15.0. The maximum atomic E-state index is 15.0. The van der Waals surface area contributed by atoms with Gasteiger partial charge in [-0.25, -0.2) is 22.0 Å². The van der Waals surface area contributed by atoms with Gasteiger partial charge in [0.25, 0.3) is 0 Å². The van der Waals surface area contributed by atoms with E-state index in [4.69, 9.17) is 9.47 Å².